The van der Waals surface area contributed by atoms with E-state index in [9.17, 15) is 14.7 Å². The summed E-state index contributed by atoms with van der Waals surface area (Å²) in [6.45, 7) is 3.92. The molecule has 0 heterocycles. The fraction of sp³-hybridized carbons (Fsp3) is 0.609. The van der Waals surface area contributed by atoms with Crippen molar-refractivity contribution in [3.8, 4) is 0 Å². The summed E-state index contributed by atoms with van der Waals surface area (Å²) in [5, 5.41) is 9.72. The first-order valence-electron chi connectivity index (χ1n) is 38.0. The van der Waals surface area contributed by atoms with Crippen LogP contribution in [0.15, 0.2) is 194 Å². The maximum absolute atomic E-state index is 12.4. The molecule has 0 amide bonds. The Bertz CT molecular complexity index is 2070. The predicted molar refractivity (Wildman–Crippen MR) is 407 cm³/mol. The van der Waals surface area contributed by atoms with Gasteiger partial charge in [0.1, 0.15) is 6.61 Å². The summed E-state index contributed by atoms with van der Waals surface area (Å²) >= 11 is 0. The van der Waals surface area contributed by atoms with Crippen molar-refractivity contribution < 1.29 is 24.2 Å². The minimum Gasteiger partial charge on any atom is -0.462 e. The van der Waals surface area contributed by atoms with Gasteiger partial charge < -0.3 is 14.6 Å². The van der Waals surface area contributed by atoms with Crippen LogP contribution in [-0.2, 0) is 19.1 Å². The molecule has 0 saturated carbocycles. The zero-order chi connectivity index (χ0) is 66.1. The van der Waals surface area contributed by atoms with Crippen LogP contribution in [0.5, 0.6) is 0 Å². The summed E-state index contributed by atoms with van der Waals surface area (Å²) in [5.41, 5.74) is 0. The molecular weight excluding hydrogens is 1120 g/mol. The molecule has 1 atom stereocenters. The van der Waals surface area contributed by atoms with Crippen molar-refractivity contribution in [3.05, 3.63) is 194 Å². The van der Waals surface area contributed by atoms with Crippen molar-refractivity contribution in [2.75, 3.05) is 13.2 Å². The minimum absolute atomic E-state index is 0.0738. The van der Waals surface area contributed by atoms with Gasteiger partial charge in [0.25, 0.3) is 0 Å². The van der Waals surface area contributed by atoms with Crippen molar-refractivity contribution in [3.63, 3.8) is 0 Å². The van der Waals surface area contributed by atoms with E-state index in [4.69, 9.17) is 9.47 Å². The summed E-state index contributed by atoms with van der Waals surface area (Å²) in [6, 6.07) is 0. The standard InChI is InChI=1S/C87H140O5/c1-3-5-7-9-11-13-15-17-19-21-23-25-27-29-31-33-35-37-39-41-42-43-44-46-48-50-52-54-56-58-60-62-64-66-68-70-72-74-76-78-80-82-87(90)92-85(83-88)84-91-86(89)81-79-77-75-73-71-69-67-65-63-61-59-57-55-53-51-49-47-45-40-38-36-34-32-30-28-26-24-22-20-18-16-14-12-10-8-6-4-2/h5-8,11-14,17-20,23-26,29-32,35-38,41-42,44-47,50,52,85,88H,3-4,9-10,15-16,21-22,27-28,33-34,39-40,43,48-49,51,53-84H2,1-2H3/b7-5-,8-6-,13-11-,14-12-,19-17-,20-18-,25-23-,26-24-,31-29-,32-30-,37-35-,38-36-,42-41-,46-44-,47-45-,52-50-. The smallest absolute Gasteiger partial charge is 0.306 e. The zero-order valence-corrected chi connectivity index (χ0v) is 59.5. The summed E-state index contributed by atoms with van der Waals surface area (Å²) < 4.78 is 10.8. The number of ether oxygens (including phenoxy) is 2. The van der Waals surface area contributed by atoms with Gasteiger partial charge in [-0.05, 0) is 141 Å². The number of aliphatic hydroxyl groups is 1. The highest BCUT2D eigenvalue weighted by molar-refractivity contribution is 5.70. The molecule has 0 spiro atoms. The third-order valence-electron chi connectivity index (χ3n) is 15.9. The normalized spacial score (nSPS) is 13.4. The average molecular weight is 1270 g/mol. The van der Waals surface area contributed by atoms with Crippen LogP contribution < -0.4 is 0 Å². The Labute approximate surface area is 568 Å². The molecule has 0 saturated heterocycles. The van der Waals surface area contributed by atoms with E-state index in [0.717, 1.165) is 141 Å². The number of esters is 2. The maximum Gasteiger partial charge on any atom is 0.306 e. The number of hydrogen-bond acceptors (Lipinski definition) is 5. The average Bonchev–Trinajstić information content (AvgIpc) is 3.64. The fourth-order valence-electron chi connectivity index (χ4n) is 10.3. The van der Waals surface area contributed by atoms with Crippen LogP contribution in [0.1, 0.15) is 322 Å². The van der Waals surface area contributed by atoms with E-state index in [0.29, 0.717) is 12.8 Å². The first-order chi connectivity index (χ1) is 45.6. The highest BCUT2D eigenvalue weighted by Crippen LogP contribution is 2.17. The SMILES string of the molecule is CC/C=C\C/C=C\C/C=C\C/C=C\C/C=C\C/C=C\C/C=C\C/C=C\C/C=C\CCCCCCCCCCCCCCCC(=O)OC(CO)COC(=O)CCCCCCCCCCCCCCCCC/C=C\C/C=C\C/C=C\C/C=C\C/C=C\C/C=C\C/C=C\CC. The van der Waals surface area contributed by atoms with Gasteiger partial charge in [-0.15, -0.1) is 0 Å². The molecule has 0 aliphatic carbocycles. The summed E-state index contributed by atoms with van der Waals surface area (Å²) in [6.07, 6.45) is 126. The van der Waals surface area contributed by atoms with Crippen LogP contribution in [0.2, 0.25) is 0 Å². The molecule has 1 unspecified atom stereocenters. The second-order valence-corrected chi connectivity index (χ2v) is 24.6. The molecule has 0 bridgehead atoms. The summed E-state index contributed by atoms with van der Waals surface area (Å²) in [7, 11) is 0. The Kier molecular flexibility index (Phi) is 75.4. The number of unbranched alkanes of at least 4 members (excludes halogenated alkanes) is 28. The number of hydrogen-bond donors (Lipinski definition) is 1. The highest BCUT2D eigenvalue weighted by Gasteiger charge is 2.16. The van der Waals surface area contributed by atoms with Gasteiger partial charge in [0.15, 0.2) is 6.10 Å². The molecular formula is C87H140O5. The third-order valence-corrected chi connectivity index (χ3v) is 15.9. The molecule has 0 aromatic heterocycles. The van der Waals surface area contributed by atoms with Gasteiger partial charge in [-0.2, -0.15) is 0 Å². The number of allylic oxidation sites excluding steroid dienone is 32. The largest absolute Gasteiger partial charge is 0.462 e. The molecule has 1 N–H and O–H groups in total. The topological polar surface area (TPSA) is 72.8 Å². The van der Waals surface area contributed by atoms with E-state index in [1.54, 1.807) is 0 Å². The van der Waals surface area contributed by atoms with E-state index in [1.165, 1.54) is 154 Å². The Morgan fingerprint density at radius 3 is 0.652 bits per heavy atom. The molecule has 0 fully saturated rings. The molecule has 0 rings (SSSR count). The highest BCUT2D eigenvalue weighted by atomic mass is 16.6. The van der Waals surface area contributed by atoms with Crippen molar-refractivity contribution in [2.45, 2.75) is 328 Å². The molecule has 0 aliphatic rings. The number of carbonyl (C=O) groups is 2. The lowest BCUT2D eigenvalue weighted by molar-refractivity contribution is -0.161. The van der Waals surface area contributed by atoms with Gasteiger partial charge in [0.05, 0.1) is 6.61 Å². The van der Waals surface area contributed by atoms with E-state index >= 15 is 0 Å². The van der Waals surface area contributed by atoms with Crippen molar-refractivity contribution in [1.29, 1.82) is 0 Å². The van der Waals surface area contributed by atoms with Crippen molar-refractivity contribution in [2.24, 2.45) is 0 Å². The predicted octanol–water partition coefficient (Wildman–Crippen LogP) is 27.1. The molecule has 92 heavy (non-hydrogen) atoms. The quantitative estimate of drug-likeness (QED) is 0.0373. The molecule has 518 valence electrons. The Balaban J connectivity index is 3.53. The molecule has 0 aromatic rings. The lowest BCUT2D eigenvalue weighted by atomic mass is 10.0. The van der Waals surface area contributed by atoms with Gasteiger partial charge in [0.2, 0.25) is 0 Å². The van der Waals surface area contributed by atoms with Crippen molar-refractivity contribution >= 4 is 11.9 Å². The maximum atomic E-state index is 12.4. The molecule has 0 radical (unpaired) electrons. The van der Waals surface area contributed by atoms with Crippen LogP contribution in [0.4, 0.5) is 0 Å². The lowest BCUT2D eigenvalue weighted by Crippen LogP contribution is -2.28. The van der Waals surface area contributed by atoms with Crippen LogP contribution in [0, 0.1) is 0 Å². The van der Waals surface area contributed by atoms with Crippen molar-refractivity contribution in [1.82, 2.24) is 0 Å². The third kappa shape index (κ3) is 77.2. The minimum atomic E-state index is -0.786. The van der Waals surface area contributed by atoms with E-state index in [1.807, 2.05) is 0 Å². The molecule has 0 aliphatic heterocycles. The monoisotopic (exact) mass is 1270 g/mol. The van der Waals surface area contributed by atoms with Gasteiger partial charge >= 0.3 is 11.9 Å². The van der Waals surface area contributed by atoms with Gasteiger partial charge in [-0.25, -0.2) is 0 Å². The fourth-order valence-corrected chi connectivity index (χ4v) is 10.3. The summed E-state index contributed by atoms with van der Waals surface area (Å²) in [4.78, 5) is 24.7. The second-order valence-electron chi connectivity index (χ2n) is 24.6. The Morgan fingerprint density at radius 1 is 0.250 bits per heavy atom. The molecule has 5 heteroatoms. The van der Waals surface area contributed by atoms with E-state index in [2.05, 4.69) is 208 Å². The van der Waals surface area contributed by atoms with Gasteiger partial charge in [-0.1, -0.05) is 362 Å². The van der Waals surface area contributed by atoms with Gasteiger partial charge in [-0.3, -0.25) is 9.59 Å². The lowest BCUT2D eigenvalue weighted by Gasteiger charge is -2.15. The Morgan fingerprint density at radius 2 is 0.435 bits per heavy atom. The number of aliphatic hydroxyl groups excluding tert-OH is 1. The first kappa shape index (κ1) is 86.7. The zero-order valence-electron chi connectivity index (χ0n) is 59.5. The number of rotatable bonds is 68. The summed E-state index contributed by atoms with van der Waals surface area (Å²) in [5.74, 6) is -0.593. The number of carbonyl (C=O) groups excluding carboxylic acids is 2. The molecule has 0 aromatic carbocycles. The molecule has 5 nitrogen and oxygen atoms in total. The second kappa shape index (κ2) is 80.0. The van der Waals surface area contributed by atoms with Gasteiger partial charge in [0, 0.05) is 12.8 Å². The van der Waals surface area contributed by atoms with Crippen LogP contribution in [0.25, 0.3) is 0 Å². The van der Waals surface area contributed by atoms with E-state index < -0.39 is 6.10 Å². The first-order valence-corrected chi connectivity index (χ1v) is 38.0. The van der Waals surface area contributed by atoms with Crippen LogP contribution >= 0.6 is 0 Å². The Hall–Kier alpha value is -5.26. The van der Waals surface area contributed by atoms with Crippen LogP contribution in [0.3, 0.4) is 0 Å². The van der Waals surface area contributed by atoms with Crippen LogP contribution in [-0.4, -0.2) is 36.4 Å². The van der Waals surface area contributed by atoms with E-state index in [-0.39, 0.29) is 25.2 Å².